The zero-order chi connectivity index (χ0) is 11.3. The molecule has 84 valence electrons. The molecule has 1 aromatic heterocycles. The standard InChI is InChI=1S/C10H15BrN2O2/c1-13(4-5-14)7-10(15)9-6-8(11)2-3-12-9/h2-3,6,10,14-15H,4-5,7H2,1H3. The minimum atomic E-state index is -0.626. The van der Waals surface area contributed by atoms with E-state index in [0.29, 0.717) is 18.8 Å². The highest BCUT2D eigenvalue weighted by Gasteiger charge is 2.11. The van der Waals surface area contributed by atoms with Gasteiger partial charge in [-0.2, -0.15) is 0 Å². The molecular formula is C10H15BrN2O2. The molecule has 0 spiro atoms. The molecule has 15 heavy (non-hydrogen) atoms. The fraction of sp³-hybridized carbons (Fsp3) is 0.500. The lowest BCUT2D eigenvalue weighted by atomic mass is 10.2. The topological polar surface area (TPSA) is 56.6 Å². The number of aliphatic hydroxyl groups is 2. The second-order valence-electron chi connectivity index (χ2n) is 3.40. The molecule has 2 N–H and O–H groups in total. The van der Waals surface area contributed by atoms with E-state index in [-0.39, 0.29) is 6.61 Å². The van der Waals surface area contributed by atoms with Crippen LogP contribution in [0, 0.1) is 0 Å². The first-order chi connectivity index (χ1) is 7.13. The largest absolute Gasteiger partial charge is 0.395 e. The van der Waals surface area contributed by atoms with Gasteiger partial charge in [-0.15, -0.1) is 0 Å². The van der Waals surface area contributed by atoms with E-state index in [4.69, 9.17) is 5.11 Å². The Morgan fingerprint density at radius 2 is 2.33 bits per heavy atom. The Labute approximate surface area is 97.7 Å². The number of nitrogens with zero attached hydrogens (tertiary/aromatic N) is 2. The average Bonchev–Trinajstić information content (AvgIpc) is 2.18. The Morgan fingerprint density at radius 1 is 1.60 bits per heavy atom. The molecule has 1 atom stereocenters. The van der Waals surface area contributed by atoms with Crippen LogP contribution in [0.15, 0.2) is 22.8 Å². The van der Waals surface area contributed by atoms with Gasteiger partial charge in [-0.3, -0.25) is 4.98 Å². The van der Waals surface area contributed by atoms with Crippen LogP contribution in [0.2, 0.25) is 0 Å². The van der Waals surface area contributed by atoms with Gasteiger partial charge in [0.1, 0.15) is 6.10 Å². The van der Waals surface area contributed by atoms with Crippen molar-refractivity contribution in [3.8, 4) is 0 Å². The molecule has 0 aromatic carbocycles. The number of aromatic nitrogens is 1. The van der Waals surface area contributed by atoms with Gasteiger partial charge in [-0.05, 0) is 19.2 Å². The predicted molar refractivity (Wildman–Crippen MR) is 61.5 cm³/mol. The monoisotopic (exact) mass is 274 g/mol. The summed E-state index contributed by atoms with van der Waals surface area (Å²) in [5.74, 6) is 0. The van der Waals surface area contributed by atoms with Crippen molar-refractivity contribution in [1.29, 1.82) is 0 Å². The molecule has 0 amide bonds. The molecule has 0 aliphatic rings. The summed E-state index contributed by atoms with van der Waals surface area (Å²) in [4.78, 5) is 5.94. The molecule has 0 saturated carbocycles. The summed E-state index contributed by atoms with van der Waals surface area (Å²) in [5.41, 5.74) is 0.633. The molecule has 1 rings (SSSR count). The van der Waals surface area contributed by atoms with Gasteiger partial charge in [-0.25, -0.2) is 0 Å². The van der Waals surface area contributed by atoms with Crippen molar-refractivity contribution in [2.45, 2.75) is 6.10 Å². The van der Waals surface area contributed by atoms with Crippen molar-refractivity contribution >= 4 is 15.9 Å². The number of pyridine rings is 1. The molecule has 0 saturated heterocycles. The Balaban J connectivity index is 2.56. The first kappa shape index (κ1) is 12.6. The quantitative estimate of drug-likeness (QED) is 0.834. The van der Waals surface area contributed by atoms with E-state index in [0.717, 1.165) is 4.47 Å². The van der Waals surface area contributed by atoms with Gasteiger partial charge in [0, 0.05) is 23.8 Å². The first-order valence-corrected chi connectivity index (χ1v) is 5.51. The van der Waals surface area contributed by atoms with Crippen LogP contribution in [0.1, 0.15) is 11.8 Å². The zero-order valence-corrected chi connectivity index (χ0v) is 10.2. The van der Waals surface area contributed by atoms with Crippen LogP contribution in [0.5, 0.6) is 0 Å². The second-order valence-corrected chi connectivity index (χ2v) is 4.32. The Kier molecular flexibility index (Phi) is 5.17. The maximum atomic E-state index is 9.84. The minimum absolute atomic E-state index is 0.0924. The van der Waals surface area contributed by atoms with Crippen LogP contribution in [0.3, 0.4) is 0 Å². The van der Waals surface area contributed by atoms with E-state index >= 15 is 0 Å². The van der Waals surface area contributed by atoms with Gasteiger partial charge < -0.3 is 15.1 Å². The summed E-state index contributed by atoms with van der Waals surface area (Å²) in [5, 5.41) is 18.6. The van der Waals surface area contributed by atoms with E-state index in [1.807, 2.05) is 18.0 Å². The number of rotatable bonds is 5. The molecule has 5 heteroatoms. The van der Waals surface area contributed by atoms with Crippen LogP contribution < -0.4 is 0 Å². The van der Waals surface area contributed by atoms with Crippen molar-refractivity contribution in [3.63, 3.8) is 0 Å². The molecule has 0 aliphatic heterocycles. The van der Waals surface area contributed by atoms with E-state index < -0.39 is 6.10 Å². The van der Waals surface area contributed by atoms with E-state index in [1.54, 1.807) is 12.3 Å². The molecule has 0 radical (unpaired) electrons. The number of aliphatic hydroxyl groups excluding tert-OH is 2. The average molecular weight is 275 g/mol. The molecular weight excluding hydrogens is 260 g/mol. The summed E-state index contributed by atoms with van der Waals surface area (Å²) < 4.78 is 0.899. The van der Waals surface area contributed by atoms with Crippen LogP contribution in [-0.2, 0) is 0 Å². The van der Waals surface area contributed by atoms with Crippen molar-refractivity contribution in [1.82, 2.24) is 9.88 Å². The highest BCUT2D eigenvalue weighted by Crippen LogP contribution is 2.15. The van der Waals surface area contributed by atoms with Gasteiger partial charge >= 0.3 is 0 Å². The summed E-state index contributed by atoms with van der Waals surface area (Å²) in [6, 6.07) is 3.60. The van der Waals surface area contributed by atoms with Gasteiger partial charge in [0.15, 0.2) is 0 Å². The summed E-state index contributed by atoms with van der Waals surface area (Å²) in [6.07, 6.45) is 1.02. The lowest BCUT2D eigenvalue weighted by Gasteiger charge is -2.19. The molecule has 0 aliphatic carbocycles. The third-order valence-electron chi connectivity index (χ3n) is 2.05. The summed E-state index contributed by atoms with van der Waals surface area (Å²) in [7, 11) is 1.84. The molecule has 1 unspecified atom stereocenters. The molecule has 1 aromatic rings. The fourth-order valence-electron chi connectivity index (χ4n) is 1.25. The normalized spacial score (nSPS) is 13.1. The summed E-state index contributed by atoms with van der Waals surface area (Å²) >= 11 is 3.32. The van der Waals surface area contributed by atoms with Crippen LogP contribution >= 0.6 is 15.9 Å². The van der Waals surface area contributed by atoms with Crippen molar-refractivity contribution in [2.75, 3.05) is 26.7 Å². The molecule has 1 heterocycles. The van der Waals surface area contributed by atoms with E-state index in [2.05, 4.69) is 20.9 Å². The van der Waals surface area contributed by atoms with Gasteiger partial charge in [0.05, 0.1) is 12.3 Å². The number of halogens is 1. The zero-order valence-electron chi connectivity index (χ0n) is 8.60. The number of likely N-dealkylation sites (N-methyl/N-ethyl adjacent to an activating group) is 1. The van der Waals surface area contributed by atoms with Crippen LogP contribution in [0.4, 0.5) is 0 Å². The van der Waals surface area contributed by atoms with Gasteiger partial charge in [0.2, 0.25) is 0 Å². The lowest BCUT2D eigenvalue weighted by molar-refractivity contribution is 0.112. The third kappa shape index (κ3) is 4.25. The maximum absolute atomic E-state index is 9.84. The number of hydrogen-bond acceptors (Lipinski definition) is 4. The minimum Gasteiger partial charge on any atom is -0.395 e. The highest BCUT2D eigenvalue weighted by atomic mass is 79.9. The number of hydrogen-bond donors (Lipinski definition) is 2. The van der Waals surface area contributed by atoms with Crippen LogP contribution in [-0.4, -0.2) is 46.8 Å². The third-order valence-corrected chi connectivity index (χ3v) is 2.54. The molecule has 0 fully saturated rings. The lowest BCUT2D eigenvalue weighted by Crippen LogP contribution is -2.27. The highest BCUT2D eigenvalue weighted by molar-refractivity contribution is 9.10. The maximum Gasteiger partial charge on any atom is 0.109 e. The SMILES string of the molecule is CN(CCO)CC(O)c1cc(Br)ccn1. The van der Waals surface area contributed by atoms with Gasteiger partial charge in [0.25, 0.3) is 0 Å². The molecule has 0 bridgehead atoms. The fourth-order valence-corrected chi connectivity index (χ4v) is 1.61. The Hall–Kier alpha value is -0.490. The smallest absolute Gasteiger partial charge is 0.109 e. The van der Waals surface area contributed by atoms with Crippen LogP contribution in [0.25, 0.3) is 0 Å². The van der Waals surface area contributed by atoms with Crippen molar-refractivity contribution in [2.24, 2.45) is 0 Å². The second kappa shape index (κ2) is 6.17. The van der Waals surface area contributed by atoms with E-state index in [9.17, 15) is 5.11 Å². The predicted octanol–water partition coefficient (Wildman–Crippen LogP) is 0.802. The van der Waals surface area contributed by atoms with Crippen molar-refractivity contribution < 1.29 is 10.2 Å². The van der Waals surface area contributed by atoms with E-state index in [1.165, 1.54) is 0 Å². The summed E-state index contributed by atoms with van der Waals surface area (Å²) in [6.45, 7) is 1.10. The molecule has 4 nitrogen and oxygen atoms in total. The first-order valence-electron chi connectivity index (χ1n) is 4.72. The Bertz CT molecular complexity index is 309. The van der Waals surface area contributed by atoms with Gasteiger partial charge in [-0.1, -0.05) is 15.9 Å². The Morgan fingerprint density at radius 3 is 2.93 bits per heavy atom. The van der Waals surface area contributed by atoms with Crippen molar-refractivity contribution in [3.05, 3.63) is 28.5 Å².